The van der Waals surface area contributed by atoms with Gasteiger partial charge in [0.2, 0.25) is 0 Å². The molecule has 1 rings (SSSR count). The minimum Gasteiger partial charge on any atom is -0.493 e. The average Bonchev–Trinajstić information content (AvgIpc) is 2.27. The summed E-state index contributed by atoms with van der Waals surface area (Å²) < 4.78 is 5.35. The molecule has 86 valence electrons. The van der Waals surface area contributed by atoms with Gasteiger partial charge >= 0.3 is 0 Å². The summed E-state index contributed by atoms with van der Waals surface area (Å²) in [7, 11) is 0. The quantitative estimate of drug-likeness (QED) is 0.858. The summed E-state index contributed by atoms with van der Waals surface area (Å²) in [6.07, 6.45) is 0. The number of halogens is 1. The molecule has 3 nitrogen and oxygen atoms in total. The highest BCUT2D eigenvalue weighted by Crippen LogP contribution is 2.17. The minimum absolute atomic E-state index is 0.217. The lowest BCUT2D eigenvalue weighted by Crippen LogP contribution is -2.25. The van der Waals surface area contributed by atoms with Gasteiger partial charge in [-0.2, -0.15) is 0 Å². The van der Waals surface area contributed by atoms with Crippen molar-refractivity contribution in [2.75, 3.05) is 13.2 Å². The number of hydrogen-bond donors (Lipinski definition) is 1. The molecular weight excluding hydrogens is 226 g/mol. The number of rotatable bonds is 5. The third-order valence-electron chi connectivity index (χ3n) is 1.87. The lowest BCUT2D eigenvalue weighted by Gasteiger charge is -2.09. The number of nitrogens with one attached hydrogen (secondary N) is 1. The van der Waals surface area contributed by atoms with E-state index < -0.39 is 0 Å². The van der Waals surface area contributed by atoms with E-state index in [-0.39, 0.29) is 12.5 Å². The fourth-order valence-corrected chi connectivity index (χ4v) is 1.27. The summed E-state index contributed by atoms with van der Waals surface area (Å²) in [6, 6.07) is 7.07. The molecule has 0 aromatic heterocycles. The second-order valence-corrected chi connectivity index (χ2v) is 3.66. The maximum atomic E-state index is 11.8. The van der Waals surface area contributed by atoms with Crippen molar-refractivity contribution in [1.82, 2.24) is 5.32 Å². The Bertz CT molecular complexity index is 390. The van der Waals surface area contributed by atoms with Crippen LogP contribution >= 0.6 is 11.6 Å². The van der Waals surface area contributed by atoms with Gasteiger partial charge in [0.25, 0.3) is 5.91 Å². The van der Waals surface area contributed by atoms with Gasteiger partial charge in [-0.15, -0.1) is 0 Å². The molecule has 1 aromatic carbocycles. The molecule has 1 aromatic rings. The van der Waals surface area contributed by atoms with E-state index in [1.165, 1.54) is 0 Å². The summed E-state index contributed by atoms with van der Waals surface area (Å²) in [5.74, 6) is 0.355. The molecule has 1 N–H and O–H groups in total. The van der Waals surface area contributed by atoms with Crippen molar-refractivity contribution in [3.63, 3.8) is 0 Å². The van der Waals surface area contributed by atoms with E-state index >= 15 is 0 Å². The van der Waals surface area contributed by atoms with Gasteiger partial charge in [-0.25, -0.2) is 0 Å². The second-order valence-electron chi connectivity index (χ2n) is 3.13. The van der Waals surface area contributed by atoms with Gasteiger partial charge in [0, 0.05) is 5.03 Å². The van der Waals surface area contributed by atoms with Crippen molar-refractivity contribution in [3.8, 4) is 5.75 Å². The van der Waals surface area contributed by atoms with Crippen LogP contribution in [0.5, 0.6) is 5.75 Å². The number of carbonyl (C=O) groups is 1. The first-order valence-corrected chi connectivity index (χ1v) is 5.36. The summed E-state index contributed by atoms with van der Waals surface area (Å²) in [5.41, 5.74) is 0.502. The van der Waals surface area contributed by atoms with E-state index in [1.54, 1.807) is 18.2 Å². The predicted molar refractivity (Wildman–Crippen MR) is 64.9 cm³/mol. The number of amides is 1. The van der Waals surface area contributed by atoms with E-state index in [9.17, 15) is 4.79 Å². The van der Waals surface area contributed by atoms with Crippen molar-refractivity contribution in [2.45, 2.75) is 6.92 Å². The molecule has 0 aliphatic carbocycles. The van der Waals surface area contributed by atoms with Gasteiger partial charge < -0.3 is 10.1 Å². The highest BCUT2D eigenvalue weighted by atomic mass is 35.5. The molecule has 0 fully saturated rings. The Kier molecular flexibility index (Phi) is 4.86. The van der Waals surface area contributed by atoms with Crippen LogP contribution in [0.1, 0.15) is 17.3 Å². The first-order chi connectivity index (χ1) is 7.65. The first-order valence-electron chi connectivity index (χ1n) is 4.98. The molecule has 0 saturated carbocycles. The number of para-hydroxylation sites is 1. The second kappa shape index (κ2) is 6.18. The smallest absolute Gasteiger partial charge is 0.255 e. The molecule has 0 aliphatic rings. The van der Waals surface area contributed by atoms with Gasteiger partial charge in [-0.1, -0.05) is 30.3 Å². The molecule has 0 aliphatic heterocycles. The van der Waals surface area contributed by atoms with Crippen LogP contribution in [0.25, 0.3) is 0 Å². The fourth-order valence-electron chi connectivity index (χ4n) is 1.21. The third kappa shape index (κ3) is 3.59. The lowest BCUT2D eigenvalue weighted by molar-refractivity contribution is 0.0954. The van der Waals surface area contributed by atoms with Gasteiger partial charge in [-0.3, -0.25) is 4.79 Å². The first kappa shape index (κ1) is 12.6. The Morgan fingerprint density at radius 3 is 2.81 bits per heavy atom. The zero-order valence-corrected chi connectivity index (χ0v) is 9.88. The normalized spacial score (nSPS) is 9.62. The Morgan fingerprint density at radius 1 is 1.50 bits per heavy atom. The summed E-state index contributed by atoms with van der Waals surface area (Å²) in [6.45, 7) is 6.14. The number of benzene rings is 1. The van der Waals surface area contributed by atoms with Crippen molar-refractivity contribution >= 4 is 17.5 Å². The van der Waals surface area contributed by atoms with Crippen LogP contribution in [0.3, 0.4) is 0 Å². The number of ether oxygens (including phenoxy) is 1. The van der Waals surface area contributed by atoms with Crippen LogP contribution in [0.15, 0.2) is 35.9 Å². The summed E-state index contributed by atoms with van der Waals surface area (Å²) in [4.78, 5) is 11.8. The Morgan fingerprint density at radius 2 is 2.19 bits per heavy atom. The van der Waals surface area contributed by atoms with Crippen LogP contribution in [0, 0.1) is 0 Å². The average molecular weight is 240 g/mol. The molecule has 0 heterocycles. The van der Waals surface area contributed by atoms with Crippen LogP contribution in [-0.4, -0.2) is 19.1 Å². The molecule has 0 atom stereocenters. The number of carbonyl (C=O) groups excluding carboxylic acids is 1. The number of hydrogen-bond acceptors (Lipinski definition) is 2. The minimum atomic E-state index is -0.217. The summed E-state index contributed by atoms with van der Waals surface area (Å²) >= 11 is 5.57. The maximum absolute atomic E-state index is 11.8. The van der Waals surface area contributed by atoms with E-state index in [1.807, 2.05) is 13.0 Å². The molecule has 0 spiro atoms. The van der Waals surface area contributed by atoms with Crippen molar-refractivity contribution in [2.24, 2.45) is 0 Å². The highest BCUT2D eigenvalue weighted by molar-refractivity contribution is 6.29. The molecule has 0 unspecified atom stereocenters. The van der Waals surface area contributed by atoms with Crippen molar-refractivity contribution in [3.05, 3.63) is 41.4 Å². The van der Waals surface area contributed by atoms with Crippen LogP contribution in [-0.2, 0) is 0 Å². The Hall–Kier alpha value is -1.48. The van der Waals surface area contributed by atoms with Gasteiger partial charge in [0.15, 0.2) is 0 Å². The SMILES string of the molecule is C=C(Cl)CNC(=O)c1ccccc1OCC. The zero-order chi connectivity index (χ0) is 12.0. The van der Waals surface area contributed by atoms with Gasteiger partial charge in [0.05, 0.1) is 18.7 Å². The lowest BCUT2D eigenvalue weighted by atomic mass is 10.2. The zero-order valence-electron chi connectivity index (χ0n) is 9.13. The van der Waals surface area contributed by atoms with E-state index in [0.717, 1.165) is 0 Å². The van der Waals surface area contributed by atoms with E-state index in [0.29, 0.717) is 23.0 Å². The summed E-state index contributed by atoms with van der Waals surface area (Å²) in [5, 5.41) is 3.04. The van der Waals surface area contributed by atoms with Crippen molar-refractivity contribution < 1.29 is 9.53 Å². The molecule has 0 radical (unpaired) electrons. The Labute approximate surface area is 100 Å². The van der Waals surface area contributed by atoms with Crippen LogP contribution in [0.2, 0.25) is 0 Å². The van der Waals surface area contributed by atoms with Crippen molar-refractivity contribution in [1.29, 1.82) is 0 Å². The monoisotopic (exact) mass is 239 g/mol. The largest absolute Gasteiger partial charge is 0.493 e. The van der Waals surface area contributed by atoms with Crippen LogP contribution < -0.4 is 10.1 Å². The third-order valence-corrected chi connectivity index (χ3v) is 2.01. The van der Waals surface area contributed by atoms with Gasteiger partial charge in [0.1, 0.15) is 5.75 Å². The Balaban J connectivity index is 2.77. The molecular formula is C12H14ClNO2. The fraction of sp³-hybridized carbons (Fsp3) is 0.250. The predicted octanol–water partition coefficient (Wildman–Crippen LogP) is 2.57. The van der Waals surface area contributed by atoms with E-state index in [2.05, 4.69) is 11.9 Å². The van der Waals surface area contributed by atoms with E-state index in [4.69, 9.17) is 16.3 Å². The molecule has 16 heavy (non-hydrogen) atoms. The topological polar surface area (TPSA) is 38.3 Å². The maximum Gasteiger partial charge on any atom is 0.255 e. The molecule has 0 bridgehead atoms. The highest BCUT2D eigenvalue weighted by Gasteiger charge is 2.10. The molecule has 0 saturated heterocycles. The van der Waals surface area contributed by atoms with Gasteiger partial charge in [-0.05, 0) is 19.1 Å². The molecule has 4 heteroatoms. The van der Waals surface area contributed by atoms with Crippen LogP contribution in [0.4, 0.5) is 0 Å². The molecule has 1 amide bonds. The standard InChI is InChI=1S/C12H14ClNO2/c1-3-16-11-7-5-4-6-10(11)12(15)14-8-9(2)13/h4-7H,2-3,8H2,1H3,(H,14,15).